The first-order valence-electron chi connectivity index (χ1n) is 10.5. The summed E-state index contributed by atoms with van der Waals surface area (Å²) >= 11 is 0. The molecule has 1 fully saturated rings. The quantitative estimate of drug-likeness (QED) is 0.652. The van der Waals surface area contributed by atoms with Crippen LogP contribution in [0, 0.1) is 0 Å². The summed E-state index contributed by atoms with van der Waals surface area (Å²) in [6.45, 7) is 4.34. The normalized spacial score (nSPS) is 24.8. The van der Waals surface area contributed by atoms with Crippen molar-refractivity contribution in [1.29, 1.82) is 0 Å². The standard InChI is InChI=1S/C22H24F3N5O/c1-13-11-31-9-8-30(13)17-7-6-14-4-2-3-5-15(14)19(17)29-21-16-10-18(22(23,24)25)28-20(16)26-12-27-21/h2-5,10,12-13,17,19H,6-9,11H2,1H3,(H2,26,27,28,29)/t13-,17+,19+/m0/s1. The average Bonchev–Trinajstić information content (AvgIpc) is 3.21. The third kappa shape index (κ3) is 3.76. The summed E-state index contributed by atoms with van der Waals surface area (Å²) in [5.74, 6) is 0.407. The van der Waals surface area contributed by atoms with Crippen LogP contribution in [0.1, 0.15) is 36.2 Å². The first-order chi connectivity index (χ1) is 14.9. The number of aryl methyl sites for hydroxylation is 1. The Kier molecular flexibility index (Phi) is 5.10. The Morgan fingerprint density at radius 1 is 1.23 bits per heavy atom. The zero-order chi connectivity index (χ0) is 21.6. The van der Waals surface area contributed by atoms with Gasteiger partial charge in [-0.15, -0.1) is 0 Å². The number of halogens is 3. The van der Waals surface area contributed by atoms with E-state index in [2.05, 4.69) is 44.2 Å². The van der Waals surface area contributed by atoms with Crippen molar-refractivity contribution in [3.8, 4) is 0 Å². The number of H-pyrrole nitrogens is 1. The van der Waals surface area contributed by atoms with Gasteiger partial charge in [-0.1, -0.05) is 24.3 Å². The zero-order valence-corrected chi connectivity index (χ0v) is 17.1. The van der Waals surface area contributed by atoms with Crippen molar-refractivity contribution >= 4 is 16.9 Å². The van der Waals surface area contributed by atoms with Gasteiger partial charge >= 0.3 is 6.18 Å². The summed E-state index contributed by atoms with van der Waals surface area (Å²) in [6, 6.07) is 9.68. The Labute approximate surface area is 177 Å². The zero-order valence-electron chi connectivity index (χ0n) is 17.1. The second kappa shape index (κ2) is 7.80. The molecular weight excluding hydrogens is 407 g/mol. The van der Waals surface area contributed by atoms with E-state index in [9.17, 15) is 13.2 Å². The number of hydrogen-bond acceptors (Lipinski definition) is 5. The largest absolute Gasteiger partial charge is 0.431 e. The number of hydrogen-bond donors (Lipinski definition) is 2. The van der Waals surface area contributed by atoms with Crippen molar-refractivity contribution in [2.24, 2.45) is 0 Å². The monoisotopic (exact) mass is 431 g/mol. The molecule has 2 aliphatic rings. The number of morpholine rings is 1. The second-order valence-electron chi connectivity index (χ2n) is 8.25. The molecule has 0 radical (unpaired) electrons. The summed E-state index contributed by atoms with van der Waals surface area (Å²) < 4.78 is 45.4. The molecular formula is C22H24F3N5O. The minimum absolute atomic E-state index is 0.104. The Morgan fingerprint density at radius 3 is 2.87 bits per heavy atom. The summed E-state index contributed by atoms with van der Waals surface area (Å²) in [7, 11) is 0. The third-order valence-corrected chi connectivity index (χ3v) is 6.35. The van der Waals surface area contributed by atoms with Crippen molar-refractivity contribution in [1.82, 2.24) is 19.9 Å². The highest BCUT2D eigenvalue weighted by molar-refractivity contribution is 5.88. The molecule has 0 saturated carbocycles. The molecule has 5 rings (SSSR count). The number of anilines is 1. The number of nitrogens with zero attached hydrogens (tertiary/aromatic N) is 3. The van der Waals surface area contributed by atoms with E-state index in [1.54, 1.807) is 0 Å². The molecule has 1 aromatic carbocycles. The summed E-state index contributed by atoms with van der Waals surface area (Å²) in [4.78, 5) is 13.1. The van der Waals surface area contributed by atoms with E-state index < -0.39 is 11.9 Å². The molecule has 2 N–H and O–H groups in total. The van der Waals surface area contributed by atoms with Gasteiger partial charge in [0.05, 0.1) is 24.6 Å². The Balaban J connectivity index is 1.55. The molecule has 3 heterocycles. The van der Waals surface area contributed by atoms with Crippen LogP contribution in [0.15, 0.2) is 36.7 Å². The van der Waals surface area contributed by atoms with Gasteiger partial charge in [0.25, 0.3) is 0 Å². The molecule has 0 unspecified atom stereocenters. The molecule has 1 aliphatic carbocycles. The first kappa shape index (κ1) is 20.3. The molecule has 31 heavy (non-hydrogen) atoms. The lowest BCUT2D eigenvalue weighted by atomic mass is 9.82. The highest BCUT2D eigenvalue weighted by Gasteiger charge is 2.38. The Hall–Kier alpha value is -2.65. The van der Waals surface area contributed by atoms with Crippen LogP contribution in [-0.2, 0) is 17.3 Å². The minimum Gasteiger partial charge on any atom is -0.379 e. The van der Waals surface area contributed by atoms with Crippen LogP contribution in [0.25, 0.3) is 11.0 Å². The van der Waals surface area contributed by atoms with E-state index >= 15 is 0 Å². The highest BCUT2D eigenvalue weighted by Crippen LogP contribution is 2.38. The topological polar surface area (TPSA) is 66.1 Å². The predicted molar refractivity (Wildman–Crippen MR) is 111 cm³/mol. The smallest absolute Gasteiger partial charge is 0.379 e. The average molecular weight is 431 g/mol. The SMILES string of the molecule is C[C@H]1COCCN1[C@@H]1CCc2ccccc2[C@H]1Nc1ncnc2[nH]c(C(F)(F)F)cc12. The number of rotatable bonds is 3. The van der Waals surface area contributed by atoms with Crippen molar-refractivity contribution < 1.29 is 17.9 Å². The molecule has 3 aromatic rings. The maximum absolute atomic E-state index is 13.2. The van der Waals surface area contributed by atoms with Crippen molar-refractivity contribution in [2.75, 3.05) is 25.1 Å². The Bertz CT molecular complexity index is 1080. The van der Waals surface area contributed by atoms with Crippen molar-refractivity contribution in [3.63, 3.8) is 0 Å². The van der Waals surface area contributed by atoms with Gasteiger partial charge in [0.2, 0.25) is 0 Å². The third-order valence-electron chi connectivity index (χ3n) is 6.35. The van der Waals surface area contributed by atoms with Gasteiger partial charge in [-0.25, -0.2) is 9.97 Å². The van der Waals surface area contributed by atoms with E-state index in [-0.39, 0.29) is 23.8 Å². The summed E-state index contributed by atoms with van der Waals surface area (Å²) in [5.41, 5.74) is 1.77. The number of alkyl halides is 3. The summed E-state index contributed by atoms with van der Waals surface area (Å²) in [5, 5.41) is 3.83. The van der Waals surface area contributed by atoms with Gasteiger partial charge in [0.1, 0.15) is 23.5 Å². The lowest BCUT2D eigenvalue weighted by molar-refractivity contribution is -0.140. The van der Waals surface area contributed by atoms with Gasteiger partial charge in [-0.3, -0.25) is 4.90 Å². The molecule has 9 heteroatoms. The molecule has 1 saturated heterocycles. The second-order valence-corrected chi connectivity index (χ2v) is 8.25. The van der Waals surface area contributed by atoms with Crippen LogP contribution >= 0.6 is 0 Å². The molecule has 0 spiro atoms. The molecule has 1 aliphatic heterocycles. The lowest BCUT2D eigenvalue weighted by Gasteiger charge is -2.45. The van der Waals surface area contributed by atoms with Crippen molar-refractivity contribution in [3.05, 3.63) is 53.5 Å². The fraction of sp³-hybridized carbons (Fsp3) is 0.455. The number of aromatic nitrogens is 3. The lowest BCUT2D eigenvalue weighted by Crippen LogP contribution is -2.53. The number of fused-ring (bicyclic) bond motifs is 2. The van der Waals surface area contributed by atoms with E-state index in [1.807, 2.05) is 12.1 Å². The maximum atomic E-state index is 13.2. The fourth-order valence-corrected chi connectivity index (χ4v) is 4.86. The first-order valence-corrected chi connectivity index (χ1v) is 10.5. The predicted octanol–water partition coefficient (Wildman–Crippen LogP) is 4.17. The van der Waals surface area contributed by atoms with E-state index in [4.69, 9.17) is 4.74 Å². The molecule has 0 bridgehead atoms. The number of ether oxygens (including phenoxy) is 1. The van der Waals surface area contributed by atoms with Gasteiger partial charge in [0.15, 0.2) is 0 Å². The van der Waals surface area contributed by atoms with E-state index in [0.29, 0.717) is 24.4 Å². The van der Waals surface area contributed by atoms with Gasteiger partial charge in [-0.2, -0.15) is 13.2 Å². The van der Waals surface area contributed by atoms with Gasteiger partial charge < -0.3 is 15.0 Å². The van der Waals surface area contributed by atoms with E-state index in [1.165, 1.54) is 11.9 Å². The van der Waals surface area contributed by atoms with Crippen LogP contribution in [0.2, 0.25) is 0 Å². The fourth-order valence-electron chi connectivity index (χ4n) is 4.86. The Morgan fingerprint density at radius 2 is 2.06 bits per heavy atom. The van der Waals surface area contributed by atoms with Crippen molar-refractivity contribution in [2.45, 2.75) is 44.1 Å². The summed E-state index contributed by atoms with van der Waals surface area (Å²) in [6.07, 6.45) is -1.26. The highest BCUT2D eigenvalue weighted by atomic mass is 19.4. The molecule has 0 amide bonds. The van der Waals surface area contributed by atoms with Gasteiger partial charge in [0, 0.05) is 18.6 Å². The molecule has 2 aromatic heterocycles. The number of nitrogens with one attached hydrogen (secondary N) is 2. The maximum Gasteiger partial charge on any atom is 0.431 e. The van der Waals surface area contributed by atoms with Crippen LogP contribution in [0.4, 0.5) is 19.0 Å². The van der Waals surface area contributed by atoms with Crippen LogP contribution in [0.3, 0.4) is 0 Å². The van der Waals surface area contributed by atoms with Crippen LogP contribution in [0.5, 0.6) is 0 Å². The molecule has 3 atom stereocenters. The van der Waals surface area contributed by atoms with Gasteiger partial charge in [-0.05, 0) is 37.0 Å². The van der Waals surface area contributed by atoms with Crippen LogP contribution < -0.4 is 5.32 Å². The van der Waals surface area contributed by atoms with E-state index in [0.717, 1.165) is 31.0 Å². The molecule has 6 nitrogen and oxygen atoms in total. The minimum atomic E-state index is -4.47. The van der Waals surface area contributed by atoms with Crippen LogP contribution in [-0.4, -0.2) is 51.7 Å². The number of aromatic amines is 1. The molecule has 164 valence electrons. The number of benzene rings is 1.